The van der Waals surface area contributed by atoms with Crippen LogP contribution >= 0.6 is 0 Å². The maximum absolute atomic E-state index is 12.0. The van der Waals surface area contributed by atoms with Gasteiger partial charge in [0.1, 0.15) is 0 Å². The van der Waals surface area contributed by atoms with Crippen molar-refractivity contribution in [3.63, 3.8) is 0 Å². The van der Waals surface area contributed by atoms with Gasteiger partial charge in [0.25, 0.3) is 0 Å². The van der Waals surface area contributed by atoms with Crippen LogP contribution < -0.4 is 9.62 Å². The van der Waals surface area contributed by atoms with Crippen LogP contribution in [0.3, 0.4) is 0 Å². The number of esters is 1. The zero-order chi connectivity index (χ0) is 15.9. The molecule has 118 valence electrons. The van der Waals surface area contributed by atoms with E-state index in [0.717, 1.165) is 13.0 Å². The Bertz CT molecular complexity index is 553. The lowest BCUT2D eigenvalue weighted by molar-refractivity contribution is -0.858. The lowest BCUT2D eigenvalue weighted by atomic mass is 10.2. The van der Waals surface area contributed by atoms with E-state index in [1.165, 1.54) is 29.2 Å². The number of carbonyl (C=O) groups excluding carboxylic acids is 1. The fourth-order valence-electron chi connectivity index (χ4n) is 1.72. The van der Waals surface area contributed by atoms with Gasteiger partial charge >= 0.3 is 5.97 Å². The number of rotatable bonds is 8. The SMILES string of the molecule is CCOC(=O)c1ccc(S(=O)(=O)NCCC[NH+](C)C)cc1. The van der Waals surface area contributed by atoms with Crippen molar-refractivity contribution in [3.8, 4) is 0 Å². The van der Waals surface area contributed by atoms with Crippen molar-refractivity contribution in [1.29, 1.82) is 0 Å². The molecule has 0 aliphatic rings. The first kappa shape index (κ1) is 17.6. The first-order chi connectivity index (χ1) is 9.86. The minimum Gasteiger partial charge on any atom is -0.462 e. The van der Waals surface area contributed by atoms with E-state index in [9.17, 15) is 13.2 Å². The molecule has 0 aliphatic heterocycles. The van der Waals surface area contributed by atoms with Gasteiger partial charge < -0.3 is 9.64 Å². The van der Waals surface area contributed by atoms with E-state index >= 15 is 0 Å². The van der Waals surface area contributed by atoms with E-state index < -0.39 is 16.0 Å². The molecule has 1 rings (SSSR count). The number of sulfonamides is 1. The first-order valence-corrected chi connectivity index (χ1v) is 8.41. The summed E-state index contributed by atoms with van der Waals surface area (Å²) < 4.78 is 31.5. The van der Waals surface area contributed by atoms with Crippen molar-refractivity contribution in [2.75, 3.05) is 33.8 Å². The average Bonchev–Trinajstić information content (AvgIpc) is 2.44. The van der Waals surface area contributed by atoms with Crippen molar-refractivity contribution in [2.45, 2.75) is 18.2 Å². The monoisotopic (exact) mass is 315 g/mol. The molecule has 7 heteroatoms. The second-order valence-electron chi connectivity index (χ2n) is 4.95. The van der Waals surface area contributed by atoms with Crippen LogP contribution in [0.4, 0.5) is 0 Å². The van der Waals surface area contributed by atoms with E-state index in [1.54, 1.807) is 6.92 Å². The molecule has 0 atom stereocenters. The minimum atomic E-state index is -3.52. The maximum Gasteiger partial charge on any atom is 0.338 e. The molecule has 1 aromatic rings. The van der Waals surface area contributed by atoms with Gasteiger partial charge in [-0.05, 0) is 31.2 Å². The molecule has 6 nitrogen and oxygen atoms in total. The predicted molar refractivity (Wildman–Crippen MR) is 79.9 cm³/mol. The summed E-state index contributed by atoms with van der Waals surface area (Å²) in [6, 6.07) is 5.73. The molecule has 0 fully saturated rings. The zero-order valence-electron chi connectivity index (χ0n) is 12.7. The summed E-state index contributed by atoms with van der Waals surface area (Å²) in [5.74, 6) is -0.455. The molecule has 0 heterocycles. The molecule has 0 saturated carbocycles. The number of hydrogen-bond donors (Lipinski definition) is 2. The lowest BCUT2D eigenvalue weighted by Crippen LogP contribution is -3.05. The summed E-state index contributed by atoms with van der Waals surface area (Å²) in [6.45, 7) is 3.29. The Morgan fingerprint density at radius 3 is 2.38 bits per heavy atom. The third-order valence-corrected chi connectivity index (χ3v) is 4.30. The highest BCUT2D eigenvalue weighted by molar-refractivity contribution is 7.89. The van der Waals surface area contributed by atoms with Crippen LogP contribution in [-0.2, 0) is 14.8 Å². The first-order valence-electron chi connectivity index (χ1n) is 6.92. The molecular formula is C14H23N2O4S+. The smallest absolute Gasteiger partial charge is 0.338 e. The Kier molecular flexibility index (Phi) is 6.80. The maximum atomic E-state index is 12.0. The van der Waals surface area contributed by atoms with Crippen LogP contribution in [0.5, 0.6) is 0 Å². The second kappa shape index (κ2) is 8.11. The van der Waals surface area contributed by atoms with Crippen molar-refractivity contribution in [2.24, 2.45) is 0 Å². The van der Waals surface area contributed by atoms with Gasteiger partial charge in [-0.1, -0.05) is 0 Å². The molecule has 0 aromatic heterocycles. The van der Waals surface area contributed by atoms with Gasteiger partial charge in [-0.25, -0.2) is 17.9 Å². The zero-order valence-corrected chi connectivity index (χ0v) is 13.5. The van der Waals surface area contributed by atoms with E-state index in [-0.39, 0.29) is 11.5 Å². The van der Waals surface area contributed by atoms with Gasteiger partial charge in [-0.3, -0.25) is 0 Å². The fourth-order valence-corrected chi connectivity index (χ4v) is 2.79. The Morgan fingerprint density at radius 2 is 1.86 bits per heavy atom. The molecule has 0 radical (unpaired) electrons. The van der Waals surface area contributed by atoms with Crippen LogP contribution in [0.2, 0.25) is 0 Å². The molecule has 2 N–H and O–H groups in total. The highest BCUT2D eigenvalue weighted by Gasteiger charge is 2.14. The van der Waals surface area contributed by atoms with Gasteiger partial charge in [-0.2, -0.15) is 0 Å². The number of nitrogens with one attached hydrogen (secondary N) is 2. The third kappa shape index (κ3) is 5.82. The van der Waals surface area contributed by atoms with Crippen LogP contribution in [0, 0.1) is 0 Å². The van der Waals surface area contributed by atoms with Crippen molar-refractivity contribution >= 4 is 16.0 Å². The van der Waals surface area contributed by atoms with Gasteiger partial charge in [0.05, 0.1) is 37.7 Å². The van der Waals surface area contributed by atoms with E-state index in [2.05, 4.69) is 4.72 Å². The molecule has 0 bridgehead atoms. The topological polar surface area (TPSA) is 76.9 Å². The van der Waals surface area contributed by atoms with E-state index in [1.807, 2.05) is 14.1 Å². The number of quaternary nitrogens is 1. The summed E-state index contributed by atoms with van der Waals surface area (Å²) in [7, 11) is 0.509. The molecule has 1 aromatic carbocycles. The number of benzene rings is 1. The summed E-state index contributed by atoms with van der Waals surface area (Å²) in [5, 5.41) is 0. The van der Waals surface area contributed by atoms with Crippen molar-refractivity contribution in [1.82, 2.24) is 4.72 Å². The molecule has 0 saturated heterocycles. The van der Waals surface area contributed by atoms with E-state index in [4.69, 9.17) is 4.74 Å². The Hall–Kier alpha value is -1.44. The lowest BCUT2D eigenvalue weighted by Gasteiger charge is -2.09. The number of ether oxygens (including phenoxy) is 1. The van der Waals surface area contributed by atoms with Crippen LogP contribution in [0.15, 0.2) is 29.2 Å². The normalized spacial score (nSPS) is 11.6. The largest absolute Gasteiger partial charge is 0.462 e. The Labute approximate surface area is 126 Å². The second-order valence-corrected chi connectivity index (χ2v) is 6.72. The van der Waals surface area contributed by atoms with E-state index in [0.29, 0.717) is 12.1 Å². The average molecular weight is 315 g/mol. The standard InChI is InChI=1S/C14H22N2O4S/c1-4-20-14(17)12-6-8-13(9-7-12)21(18,19)15-10-5-11-16(2)3/h6-9,15H,4-5,10-11H2,1-3H3/p+1. The van der Waals surface area contributed by atoms with Crippen molar-refractivity contribution in [3.05, 3.63) is 29.8 Å². The Morgan fingerprint density at radius 1 is 1.24 bits per heavy atom. The molecule has 0 aliphatic carbocycles. The Balaban J connectivity index is 2.65. The molecule has 0 unspecified atom stereocenters. The summed E-state index contributed by atoms with van der Waals surface area (Å²) >= 11 is 0. The van der Waals surface area contributed by atoms with Gasteiger partial charge in [0, 0.05) is 13.0 Å². The number of hydrogen-bond acceptors (Lipinski definition) is 4. The molecule has 0 spiro atoms. The van der Waals surface area contributed by atoms with Gasteiger partial charge in [-0.15, -0.1) is 0 Å². The van der Waals surface area contributed by atoms with Gasteiger partial charge in [0.15, 0.2) is 0 Å². The highest BCUT2D eigenvalue weighted by atomic mass is 32.2. The van der Waals surface area contributed by atoms with Gasteiger partial charge in [0.2, 0.25) is 10.0 Å². The fraction of sp³-hybridized carbons (Fsp3) is 0.500. The summed E-state index contributed by atoms with van der Waals surface area (Å²) in [4.78, 5) is 12.9. The third-order valence-electron chi connectivity index (χ3n) is 2.82. The van der Waals surface area contributed by atoms with Crippen LogP contribution in [0.1, 0.15) is 23.7 Å². The molecule has 21 heavy (non-hydrogen) atoms. The number of carbonyl (C=O) groups is 1. The predicted octanol–water partition coefficient (Wildman–Crippen LogP) is -0.324. The minimum absolute atomic E-state index is 0.146. The summed E-state index contributed by atoms with van der Waals surface area (Å²) in [5.41, 5.74) is 0.340. The summed E-state index contributed by atoms with van der Waals surface area (Å²) in [6.07, 6.45) is 0.766. The molecule has 0 amide bonds. The van der Waals surface area contributed by atoms with Crippen LogP contribution in [0.25, 0.3) is 0 Å². The van der Waals surface area contributed by atoms with Crippen LogP contribution in [-0.4, -0.2) is 48.2 Å². The van der Waals surface area contributed by atoms with Crippen molar-refractivity contribution < 1.29 is 22.8 Å². The highest BCUT2D eigenvalue weighted by Crippen LogP contribution is 2.11. The quantitative estimate of drug-likeness (QED) is 0.509. The molecular weight excluding hydrogens is 292 g/mol.